The number of amides is 1. The van der Waals surface area contributed by atoms with Crippen LogP contribution < -0.4 is 11.4 Å². The minimum Gasteiger partial charge on any atom is -0.365 e. The fourth-order valence-electron chi connectivity index (χ4n) is 0.428. The molecule has 0 aliphatic heterocycles. The predicted octanol–water partition coefficient (Wildman–Crippen LogP) is -0.933. The lowest BCUT2D eigenvalue weighted by molar-refractivity contribution is 0.0998. The first-order chi connectivity index (χ1) is 4.22. The number of aromatic nitrogens is 1. The highest BCUT2D eigenvalue weighted by Gasteiger charge is 2.06. The van der Waals surface area contributed by atoms with E-state index >= 15 is 0 Å². The van der Waals surface area contributed by atoms with E-state index in [0.717, 1.165) is 6.20 Å². The van der Waals surface area contributed by atoms with Crippen molar-refractivity contribution in [2.45, 2.75) is 0 Å². The zero-order valence-corrected chi connectivity index (χ0v) is 4.38. The fourth-order valence-corrected chi connectivity index (χ4v) is 0.428. The van der Waals surface area contributed by atoms with Gasteiger partial charge in [-0.1, -0.05) is 0 Å². The molecule has 3 N–H and O–H groups in total. The van der Waals surface area contributed by atoms with Gasteiger partial charge in [-0.2, -0.15) is 0 Å². The smallest absolute Gasteiger partial charge is 0.365 e. The molecule has 0 aromatic carbocycles. The summed E-state index contributed by atoms with van der Waals surface area (Å²) in [7, 11) is 0. The Morgan fingerprint density at radius 2 is 2.44 bits per heavy atom. The van der Waals surface area contributed by atoms with E-state index in [9.17, 15) is 9.59 Å². The van der Waals surface area contributed by atoms with Crippen LogP contribution in [0.1, 0.15) is 10.4 Å². The molecule has 1 aromatic rings. The van der Waals surface area contributed by atoms with Gasteiger partial charge in [0.25, 0.3) is 5.91 Å². The molecule has 0 spiro atoms. The van der Waals surface area contributed by atoms with Gasteiger partial charge in [0.2, 0.25) is 0 Å². The van der Waals surface area contributed by atoms with Gasteiger partial charge in [-0.25, -0.2) is 9.95 Å². The summed E-state index contributed by atoms with van der Waals surface area (Å²) in [5, 5.41) is 2.09. The van der Waals surface area contributed by atoms with Crippen LogP contribution in [0.25, 0.3) is 0 Å². The molecule has 1 rings (SSSR count). The largest absolute Gasteiger partial charge is 0.369 e. The SMILES string of the molecule is NC(=O)c1c[nH]oc1=O. The summed E-state index contributed by atoms with van der Waals surface area (Å²) < 4.78 is 4.14. The normalized spacial score (nSPS) is 9.33. The van der Waals surface area contributed by atoms with Crippen molar-refractivity contribution in [1.82, 2.24) is 5.16 Å². The molecule has 1 aromatic heterocycles. The molecule has 0 unspecified atom stereocenters. The minimum atomic E-state index is -0.787. The maximum Gasteiger partial charge on any atom is 0.369 e. The number of primary amides is 1. The second kappa shape index (κ2) is 1.77. The van der Waals surface area contributed by atoms with E-state index in [1.807, 2.05) is 0 Å². The van der Waals surface area contributed by atoms with Crippen LogP contribution in [-0.4, -0.2) is 11.1 Å². The summed E-state index contributed by atoms with van der Waals surface area (Å²) in [6, 6.07) is 0. The van der Waals surface area contributed by atoms with Gasteiger partial charge in [0.05, 0.1) is 6.20 Å². The van der Waals surface area contributed by atoms with Crippen molar-refractivity contribution in [3.63, 3.8) is 0 Å². The third-order valence-electron chi connectivity index (χ3n) is 0.840. The highest BCUT2D eigenvalue weighted by molar-refractivity contribution is 5.91. The van der Waals surface area contributed by atoms with E-state index < -0.39 is 11.5 Å². The summed E-state index contributed by atoms with van der Waals surface area (Å²) in [4.78, 5) is 20.6. The third kappa shape index (κ3) is 0.835. The molecule has 0 radical (unpaired) electrons. The molecule has 0 bridgehead atoms. The molecule has 0 aliphatic rings. The van der Waals surface area contributed by atoms with Crippen LogP contribution in [0.5, 0.6) is 0 Å². The molecule has 1 heterocycles. The molecule has 0 fully saturated rings. The molecule has 5 heteroatoms. The quantitative estimate of drug-likeness (QED) is 0.511. The Bertz CT molecular complexity index is 271. The second-order valence-corrected chi connectivity index (χ2v) is 1.43. The van der Waals surface area contributed by atoms with Crippen molar-refractivity contribution in [3.8, 4) is 0 Å². The van der Waals surface area contributed by atoms with Gasteiger partial charge >= 0.3 is 5.63 Å². The highest BCUT2D eigenvalue weighted by atomic mass is 16.5. The fraction of sp³-hybridized carbons (Fsp3) is 0. The summed E-state index contributed by atoms with van der Waals surface area (Å²) in [5.74, 6) is -0.787. The van der Waals surface area contributed by atoms with Crippen molar-refractivity contribution >= 4 is 5.91 Å². The van der Waals surface area contributed by atoms with Gasteiger partial charge < -0.3 is 10.3 Å². The number of rotatable bonds is 1. The number of H-pyrrole nitrogens is 1. The van der Waals surface area contributed by atoms with Gasteiger partial charge in [-0.05, 0) is 0 Å². The van der Waals surface area contributed by atoms with E-state index in [2.05, 4.69) is 9.68 Å². The van der Waals surface area contributed by atoms with Gasteiger partial charge in [-0.3, -0.25) is 4.79 Å². The molecule has 0 aliphatic carbocycles. The van der Waals surface area contributed by atoms with E-state index in [1.54, 1.807) is 0 Å². The Labute approximate surface area is 49.4 Å². The second-order valence-electron chi connectivity index (χ2n) is 1.43. The molecule has 48 valence electrons. The molecular weight excluding hydrogens is 124 g/mol. The summed E-state index contributed by atoms with van der Waals surface area (Å²) in [6.07, 6.45) is 1.12. The Hall–Kier alpha value is -1.52. The van der Waals surface area contributed by atoms with Crippen molar-refractivity contribution in [3.05, 3.63) is 22.2 Å². The van der Waals surface area contributed by atoms with E-state index in [1.165, 1.54) is 0 Å². The number of carbonyl (C=O) groups excluding carboxylic acids is 1. The van der Waals surface area contributed by atoms with Crippen LogP contribution >= 0.6 is 0 Å². The van der Waals surface area contributed by atoms with Crippen LogP contribution in [0, 0.1) is 0 Å². The monoisotopic (exact) mass is 128 g/mol. The van der Waals surface area contributed by atoms with E-state index in [0.29, 0.717) is 0 Å². The van der Waals surface area contributed by atoms with E-state index in [-0.39, 0.29) is 5.56 Å². The Morgan fingerprint density at radius 1 is 1.78 bits per heavy atom. The molecule has 0 atom stereocenters. The third-order valence-corrected chi connectivity index (χ3v) is 0.840. The first-order valence-electron chi connectivity index (χ1n) is 2.18. The molecule has 5 nitrogen and oxygen atoms in total. The lowest BCUT2D eigenvalue weighted by atomic mass is 10.3. The van der Waals surface area contributed by atoms with Gasteiger partial charge in [0.1, 0.15) is 5.56 Å². The van der Waals surface area contributed by atoms with E-state index in [4.69, 9.17) is 5.73 Å². The highest BCUT2D eigenvalue weighted by Crippen LogP contribution is 1.83. The number of aromatic amines is 1. The summed E-state index contributed by atoms with van der Waals surface area (Å²) >= 11 is 0. The van der Waals surface area contributed by atoms with Crippen LogP contribution in [-0.2, 0) is 0 Å². The van der Waals surface area contributed by atoms with Gasteiger partial charge in [0, 0.05) is 0 Å². The molecule has 0 saturated carbocycles. The number of hydrogen-bond acceptors (Lipinski definition) is 3. The number of nitrogens with one attached hydrogen (secondary N) is 1. The number of hydrogen-bond donors (Lipinski definition) is 2. The van der Waals surface area contributed by atoms with Gasteiger partial charge in [-0.15, -0.1) is 0 Å². The van der Waals surface area contributed by atoms with Crippen molar-refractivity contribution in [1.29, 1.82) is 0 Å². The Balaban J connectivity index is 3.24. The van der Waals surface area contributed by atoms with Crippen LogP contribution in [0.3, 0.4) is 0 Å². The number of carbonyl (C=O) groups is 1. The number of nitrogens with two attached hydrogens (primary N) is 1. The predicted molar refractivity (Wildman–Crippen MR) is 27.8 cm³/mol. The topological polar surface area (TPSA) is 89.1 Å². The van der Waals surface area contributed by atoms with Crippen LogP contribution in [0.2, 0.25) is 0 Å². The van der Waals surface area contributed by atoms with Crippen LogP contribution in [0.15, 0.2) is 15.5 Å². The first-order valence-corrected chi connectivity index (χ1v) is 2.18. The van der Waals surface area contributed by atoms with Gasteiger partial charge in [0.15, 0.2) is 0 Å². The Kier molecular flexibility index (Phi) is 1.11. The van der Waals surface area contributed by atoms with Crippen LogP contribution in [0.4, 0.5) is 0 Å². The lowest BCUT2D eigenvalue weighted by Crippen LogP contribution is -2.17. The van der Waals surface area contributed by atoms with Crippen molar-refractivity contribution < 1.29 is 9.32 Å². The molecule has 1 amide bonds. The average molecular weight is 128 g/mol. The van der Waals surface area contributed by atoms with Crippen molar-refractivity contribution in [2.24, 2.45) is 5.73 Å². The molecule has 0 saturated heterocycles. The average Bonchev–Trinajstić information content (AvgIpc) is 2.13. The molecular formula is C4H4N2O3. The maximum absolute atomic E-state index is 10.4. The minimum absolute atomic E-state index is 0.157. The Morgan fingerprint density at radius 3 is 2.67 bits per heavy atom. The van der Waals surface area contributed by atoms with Crippen molar-refractivity contribution in [2.75, 3.05) is 0 Å². The maximum atomic E-state index is 10.4. The molecule has 9 heavy (non-hydrogen) atoms. The summed E-state index contributed by atoms with van der Waals surface area (Å²) in [5.41, 5.74) is 3.85. The summed E-state index contributed by atoms with van der Waals surface area (Å²) in [6.45, 7) is 0. The zero-order chi connectivity index (χ0) is 6.85. The standard InChI is InChI=1S/C4H4N2O3/c5-3(7)2-1-6-9-4(2)8/h1,6H,(H2,5,7). The zero-order valence-electron chi connectivity index (χ0n) is 4.38. The lowest BCUT2D eigenvalue weighted by Gasteiger charge is -1.76. The first kappa shape index (κ1) is 5.61.